The molecule has 1 aromatic carbocycles. The van der Waals surface area contributed by atoms with Crippen molar-refractivity contribution < 1.29 is 18.7 Å². The van der Waals surface area contributed by atoms with Crippen LogP contribution in [0.1, 0.15) is 37.0 Å². The van der Waals surface area contributed by atoms with E-state index in [4.69, 9.17) is 4.74 Å². The number of ether oxygens (including phenoxy) is 1. The van der Waals surface area contributed by atoms with Gasteiger partial charge in [0.15, 0.2) is 11.5 Å². The molecular weight excluding hydrogens is 479 g/mol. The average molecular weight is 509 g/mol. The predicted octanol–water partition coefficient (Wildman–Crippen LogP) is 3.37. The lowest BCUT2D eigenvalue weighted by molar-refractivity contribution is 0.0240. The van der Waals surface area contributed by atoms with Crippen molar-refractivity contribution in [3.05, 3.63) is 47.8 Å². The highest BCUT2D eigenvalue weighted by Gasteiger charge is 2.27. The number of nitrogens with zero attached hydrogens (tertiary/aromatic N) is 7. The molecule has 2 amide bonds. The molecule has 0 unspecified atom stereocenters. The first-order valence-corrected chi connectivity index (χ1v) is 12.0. The Kier molecular flexibility index (Phi) is 5.97. The van der Waals surface area contributed by atoms with Gasteiger partial charge in [-0.2, -0.15) is 10.2 Å². The van der Waals surface area contributed by atoms with Crippen molar-refractivity contribution in [3.63, 3.8) is 0 Å². The van der Waals surface area contributed by atoms with Gasteiger partial charge in [0, 0.05) is 56.6 Å². The van der Waals surface area contributed by atoms with E-state index in [1.54, 1.807) is 29.6 Å². The summed E-state index contributed by atoms with van der Waals surface area (Å²) in [5, 5.41) is 12.2. The van der Waals surface area contributed by atoms with E-state index >= 15 is 0 Å². The van der Waals surface area contributed by atoms with Gasteiger partial charge in [-0.3, -0.25) is 9.48 Å². The lowest BCUT2D eigenvalue weighted by Gasteiger charge is -2.37. The van der Waals surface area contributed by atoms with E-state index in [1.807, 2.05) is 33.0 Å². The highest BCUT2D eigenvalue weighted by Crippen LogP contribution is 2.30. The molecule has 11 nitrogen and oxygen atoms in total. The Hall–Kier alpha value is -4.22. The summed E-state index contributed by atoms with van der Waals surface area (Å²) in [6.45, 7) is 9.49. The number of aryl methyl sites for hydroxylation is 2. The van der Waals surface area contributed by atoms with Crippen LogP contribution in [-0.2, 0) is 11.8 Å². The molecule has 0 atom stereocenters. The van der Waals surface area contributed by atoms with Gasteiger partial charge in [-0.25, -0.2) is 18.7 Å². The standard InChI is InChI=1S/C25H29FN8O3/c1-15-27-22-19(26)12-16(13-34(22)29-15)28-23(35)17-6-7-20(18-14-31(5)30-21(17)18)32-8-10-33(11-9-32)24(36)37-25(2,3)4/h6-7,12-14H,8-11H2,1-5H3,(H,28,35). The summed E-state index contributed by atoms with van der Waals surface area (Å²) in [7, 11) is 1.79. The summed E-state index contributed by atoms with van der Waals surface area (Å²) in [6, 6.07) is 4.82. The maximum atomic E-state index is 14.5. The topological polar surface area (TPSA) is 110 Å². The third kappa shape index (κ3) is 4.91. The smallest absolute Gasteiger partial charge is 0.410 e. The van der Waals surface area contributed by atoms with Gasteiger partial charge in [0.05, 0.1) is 17.4 Å². The van der Waals surface area contributed by atoms with E-state index in [0.717, 1.165) is 11.1 Å². The molecule has 5 rings (SSSR count). The number of amides is 2. The zero-order valence-corrected chi connectivity index (χ0v) is 21.4. The van der Waals surface area contributed by atoms with E-state index in [9.17, 15) is 14.0 Å². The minimum Gasteiger partial charge on any atom is -0.444 e. The molecule has 0 bridgehead atoms. The fourth-order valence-electron chi connectivity index (χ4n) is 4.44. The van der Waals surface area contributed by atoms with E-state index < -0.39 is 17.3 Å². The first-order valence-electron chi connectivity index (χ1n) is 12.0. The second kappa shape index (κ2) is 9.02. The number of anilines is 2. The number of carbonyl (C=O) groups is 2. The molecule has 4 heterocycles. The van der Waals surface area contributed by atoms with Crippen LogP contribution in [0.25, 0.3) is 16.6 Å². The number of pyridine rings is 1. The van der Waals surface area contributed by atoms with Gasteiger partial charge in [-0.1, -0.05) is 0 Å². The van der Waals surface area contributed by atoms with Crippen molar-refractivity contribution in [3.8, 4) is 0 Å². The largest absolute Gasteiger partial charge is 0.444 e. The van der Waals surface area contributed by atoms with Crippen LogP contribution in [0.2, 0.25) is 0 Å². The molecule has 0 spiro atoms. The quantitative estimate of drug-likeness (QED) is 0.452. The van der Waals surface area contributed by atoms with Crippen LogP contribution in [0.4, 0.5) is 20.6 Å². The van der Waals surface area contributed by atoms with Crippen LogP contribution in [0, 0.1) is 12.7 Å². The number of nitrogens with one attached hydrogen (secondary N) is 1. The Morgan fingerprint density at radius 3 is 2.51 bits per heavy atom. The number of hydrogen-bond acceptors (Lipinski definition) is 7. The van der Waals surface area contributed by atoms with Gasteiger partial charge in [0.2, 0.25) is 0 Å². The molecule has 12 heteroatoms. The molecular formula is C25H29FN8O3. The average Bonchev–Trinajstić information content (AvgIpc) is 3.39. The fraction of sp³-hybridized carbons (Fsp3) is 0.400. The second-order valence-electron chi connectivity index (χ2n) is 10.1. The summed E-state index contributed by atoms with van der Waals surface area (Å²) in [5.74, 6) is -0.567. The monoisotopic (exact) mass is 508 g/mol. The van der Waals surface area contributed by atoms with Gasteiger partial charge >= 0.3 is 6.09 Å². The Balaban J connectivity index is 1.37. The van der Waals surface area contributed by atoms with Gasteiger partial charge in [-0.15, -0.1) is 0 Å². The van der Waals surface area contributed by atoms with Crippen molar-refractivity contribution in [2.45, 2.75) is 33.3 Å². The molecule has 194 valence electrons. The van der Waals surface area contributed by atoms with Gasteiger partial charge in [0.25, 0.3) is 5.91 Å². The first-order chi connectivity index (χ1) is 17.5. The van der Waals surface area contributed by atoms with Crippen molar-refractivity contribution >= 4 is 39.9 Å². The molecule has 0 radical (unpaired) electrons. The predicted molar refractivity (Wildman–Crippen MR) is 136 cm³/mol. The molecule has 4 aromatic rings. The zero-order valence-electron chi connectivity index (χ0n) is 21.4. The Morgan fingerprint density at radius 1 is 1.08 bits per heavy atom. The molecule has 1 fully saturated rings. The number of benzene rings is 1. The molecule has 1 aliphatic heterocycles. The van der Waals surface area contributed by atoms with Crippen LogP contribution in [0.15, 0.2) is 30.6 Å². The molecule has 1 N–H and O–H groups in total. The van der Waals surface area contributed by atoms with Gasteiger partial charge in [0.1, 0.15) is 16.9 Å². The molecule has 0 aliphatic carbocycles. The van der Waals surface area contributed by atoms with E-state index in [0.29, 0.717) is 43.1 Å². The maximum Gasteiger partial charge on any atom is 0.410 e. The minimum absolute atomic E-state index is 0.0961. The Bertz CT molecular complexity index is 1510. The van der Waals surface area contributed by atoms with Crippen molar-refractivity contribution in [1.29, 1.82) is 0 Å². The van der Waals surface area contributed by atoms with Crippen LogP contribution < -0.4 is 10.2 Å². The summed E-state index contributed by atoms with van der Waals surface area (Å²) in [5.41, 5.74) is 1.63. The number of carbonyl (C=O) groups excluding carboxylic acids is 2. The highest BCUT2D eigenvalue weighted by molar-refractivity contribution is 6.13. The highest BCUT2D eigenvalue weighted by atomic mass is 19.1. The lowest BCUT2D eigenvalue weighted by Crippen LogP contribution is -2.50. The van der Waals surface area contributed by atoms with Crippen LogP contribution in [0.3, 0.4) is 0 Å². The number of piperazine rings is 1. The van der Waals surface area contributed by atoms with Crippen LogP contribution in [-0.4, -0.2) is 73.1 Å². The zero-order chi connectivity index (χ0) is 26.5. The Labute approximate surface area is 212 Å². The van der Waals surface area contributed by atoms with E-state index in [1.165, 1.54) is 16.8 Å². The van der Waals surface area contributed by atoms with Crippen LogP contribution in [0.5, 0.6) is 0 Å². The maximum absolute atomic E-state index is 14.5. The number of halogens is 1. The molecule has 3 aromatic heterocycles. The molecule has 0 saturated carbocycles. The summed E-state index contributed by atoms with van der Waals surface area (Å²) in [4.78, 5) is 33.6. The number of aromatic nitrogens is 5. The normalized spacial score (nSPS) is 14.4. The number of hydrogen-bond donors (Lipinski definition) is 1. The first kappa shape index (κ1) is 24.5. The van der Waals surface area contributed by atoms with Gasteiger partial charge in [-0.05, 0) is 39.8 Å². The summed E-state index contributed by atoms with van der Waals surface area (Å²) >= 11 is 0. The van der Waals surface area contributed by atoms with Crippen molar-refractivity contribution in [1.82, 2.24) is 29.3 Å². The molecule has 1 saturated heterocycles. The van der Waals surface area contributed by atoms with Crippen molar-refractivity contribution in [2.24, 2.45) is 7.05 Å². The van der Waals surface area contributed by atoms with Crippen molar-refractivity contribution in [2.75, 3.05) is 36.4 Å². The second-order valence-corrected chi connectivity index (χ2v) is 10.1. The van der Waals surface area contributed by atoms with E-state index in [-0.39, 0.29) is 17.4 Å². The molecule has 1 aliphatic rings. The number of fused-ring (bicyclic) bond motifs is 2. The number of rotatable bonds is 3. The van der Waals surface area contributed by atoms with Crippen LogP contribution >= 0.6 is 0 Å². The lowest BCUT2D eigenvalue weighted by atomic mass is 10.1. The Morgan fingerprint density at radius 2 is 1.81 bits per heavy atom. The molecule has 37 heavy (non-hydrogen) atoms. The third-order valence-electron chi connectivity index (χ3n) is 6.04. The third-order valence-corrected chi connectivity index (χ3v) is 6.04. The fourth-order valence-corrected chi connectivity index (χ4v) is 4.44. The SMILES string of the molecule is Cc1nc2c(F)cc(NC(=O)c3ccc(N4CCN(C(=O)OC(C)(C)C)CC4)c4cn(C)nc34)cn2n1. The minimum atomic E-state index is -0.581. The summed E-state index contributed by atoms with van der Waals surface area (Å²) < 4.78 is 22.9. The van der Waals surface area contributed by atoms with E-state index in [2.05, 4.69) is 25.4 Å². The summed E-state index contributed by atoms with van der Waals surface area (Å²) in [6.07, 6.45) is 3.07. The van der Waals surface area contributed by atoms with Gasteiger partial charge < -0.3 is 19.9 Å².